The number of anilines is 2. The van der Waals surface area contributed by atoms with Gasteiger partial charge in [-0.3, -0.25) is 0 Å². The molecule has 14 heavy (non-hydrogen) atoms. The fourth-order valence-corrected chi connectivity index (χ4v) is 1.14. The van der Waals surface area contributed by atoms with Gasteiger partial charge in [0.1, 0.15) is 11.4 Å². The molecule has 0 aliphatic carbocycles. The van der Waals surface area contributed by atoms with Crippen LogP contribution < -0.4 is 10.7 Å². The summed E-state index contributed by atoms with van der Waals surface area (Å²) in [6.07, 6.45) is 0. The van der Waals surface area contributed by atoms with Crippen molar-refractivity contribution in [2.24, 2.45) is 0 Å². The molecule has 0 heterocycles. The molecule has 0 spiro atoms. The van der Waals surface area contributed by atoms with E-state index in [4.69, 9.17) is 0 Å². The molecule has 0 unspecified atom stereocenters. The fourth-order valence-electron chi connectivity index (χ4n) is 1.14. The monoisotopic (exact) mass is 208 g/mol. The maximum atomic E-state index is 12.3. The lowest BCUT2D eigenvalue weighted by molar-refractivity contribution is 0.217. The van der Waals surface area contributed by atoms with Crippen LogP contribution in [0.15, 0.2) is 12.1 Å². The van der Waals surface area contributed by atoms with Gasteiger partial charge in [-0.1, -0.05) is 24.0 Å². The first-order valence-electron chi connectivity index (χ1n) is 3.78. The van der Waals surface area contributed by atoms with Crippen molar-refractivity contribution in [2.75, 3.05) is 10.7 Å². The summed E-state index contributed by atoms with van der Waals surface area (Å²) < 4.78 is 48.9. The average molecular weight is 208 g/mol. The highest BCUT2D eigenvalue weighted by molar-refractivity contribution is 5.72. The van der Waals surface area contributed by atoms with Crippen molar-refractivity contribution >= 4 is 11.4 Å². The number of nitrogens with zero attached hydrogens (tertiary/aromatic N) is 2. The van der Waals surface area contributed by atoms with Gasteiger partial charge in [-0.25, -0.2) is 0 Å². The maximum absolute atomic E-state index is 12.3. The van der Waals surface area contributed by atoms with Gasteiger partial charge in [-0.15, -0.1) is 0 Å². The molecule has 0 aromatic heterocycles. The van der Waals surface area contributed by atoms with Crippen molar-refractivity contribution in [3.8, 4) is 0 Å². The van der Waals surface area contributed by atoms with Crippen molar-refractivity contribution in [3.05, 3.63) is 23.3 Å². The molecule has 0 saturated carbocycles. The molecule has 6 heteroatoms. The molecular formula is C8H8F4N2. The first kappa shape index (κ1) is 10.6. The zero-order valence-electron chi connectivity index (χ0n) is 7.56. The molecule has 1 aromatic rings. The highest BCUT2D eigenvalue weighted by Gasteiger charge is 2.20. The van der Waals surface area contributed by atoms with E-state index in [0.29, 0.717) is 5.56 Å². The summed E-state index contributed by atoms with van der Waals surface area (Å²) in [7, 11) is 0. The first-order valence-corrected chi connectivity index (χ1v) is 3.78. The Hall–Kier alpha value is -1.46. The molecule has 1 aromatic carbocycles. The van der Waals surface area contributed by atoms with Crippen LogP contribution in [0.25, 0.3) is 0 Å². The highest BCUT2D eigenvalue weighted by atomic mass is 19.4. The largest absolute Gasteiger partial charge is 0.137 e. The van der Waals surface area contributed by atoms with E-state index in [-0.39, 0.29) is 5.56 Å². The second-order valence-electron chi connectivity index (χ2n) is 2.84. The maximum Gasteiger partial charge on any atom is 0.137 e. The standard InChI is InChI=1S/C8H8F4N2/c1-5-3-4-7(13(9)10)8(6(5)2)14(11)12/h3-4H,1-2H3. The van der Waals surface area contributed by atoms with Gasteiger partial charge in [-0.2, -0.15) is 0 Å². The number of hydrogen-bond donors (Lipinski definition) is 0. The molecule has 0 N–H and O–H groups in total. The van der Waals surface area contributed by atoms with E-state index >= 15 is 0 Å². The van der Waals surface area contributed by atoms with Crippen LogP contribution in [0.1, 0.15) is 11.1 Å². The van der Waals surface area contributed by atoms with Crippen LogP contribution in [0, 0.1) is 13.8 Å². The molecule has 2 nitrogen and oxygen atoms in total. The lowest BCUT2D eigenvalue weighted by atomic mass is 10.1. The quantitative estimate of drug-likeness (QED) is 0.542. The summed E-state index contributed by atoms with van der Waals surface area (Å²) in [4.78, 5) is 0. The van der Waals surface area contributed by atoms with Crippen LogP contribution in [-0.4, -0.2) is 0 Å². The van der Waals surface area contributed by atoms with Gasteiger partial charge in [0.15, 0.2) is 0 Å². The second kappa shape index (κ2) is 3.73. The molecule has 0 saturated heterocycles. The molecule has 0 atom stereocenters. The molecule has 0 aliphatic rings. The van der Waals surface area contributed by atoms with Gasteiger partial charge in [0, 0.05) is 0 Å². The summed E-state index contributed by atoms with van der Waals surface area (Å²) >= 11 is 0. The van der Waals surface area contributed by atoms with Gasteiger partial charge in [0.2, 0.25) is 0 Å². The van der Waals surface area contributed by atoms with Crippen LogP contribution >= 0.6 is 0 Å². The van der Waals surface area contributed by atoms with Crippen molar-refractivity contribution in [1.29, 1.82) is 0 Å². The van der Waals surface area contributed by atoms with E-state index in [1.807, 2.05) is 0 Å². The van der Waals surface area contributed by atoms with Crippen molar-refractivity contribution in [3.63, 3.8) is 0 Å². The van der Waals surface area contributed by atoms with Gasteiger partial charge in [-0.05, 0) is 41.7 Å². The minimum absolute atomic E-state index is 0.132. The smallest absolute Gasteiger partial charge is 0.0666 e. The number of aryl methyl sites for hydroxylation is 1. The number of halogens is 4. The Balaban J connectivity index is 3.38. The van der Waals surface area contributed by atoms with Gasteiger partial charge < -0.3 is 0 Å². The first-order chi connectivity index (χ1) is 6.45. The number of benzene rings is 1. The van der Waals surface area contributed by atoms with E-state index in [2.05, 4.69) is 0 Å². The van der Waals surface area contributed by atoms with Crippen LogP contribution in [0.5, 0.6) is 0 Å². The lowest BCUT2D eigenvalue weighted by Crippen LogP contribution is -2.07. The average Bonchev–Trinajstić information content (AvgIpc) is 2.08. The normalized spacial score (nSPS) is 10.1. The third-order valence-electron chi connectivity index (χ3n) is 2.03. The summed E-state index contributed by atoms with van der Waals surface area (Å²) in [5.74, 6) is 0. The summed E-state index contributed by atoms with van der Waals surface area (Å²) in [5, 5.41) is -2.63. The van der Waals surface area contributed by atoms with E-state index < -0.39 is 22.1 Å². The molecule has 78 valence electrons. The molecular weight excluding hydrogens is 200 g/mol. The van der Waals surface area contributed by atoms with E-state index in [0.717, 1.165) is 6.07 Å². The van der Waals surface area contributed by atoms with Crippen molar-refractivity contribution < 1.29 is 17.9 Å². The highest BCUT2D eigenvalue weighted by Crippen LogP contribution is 2.35. The Labute approximate surface area is 78.1 Å². The van der Waals surface area contributed by atoms with Crippen molar-refractivity contribution in [2.45, 2.75) is 13.8 Å². The van der Waals surface area contributed by atoms with Crippen LogP contribution in [-0.2, 0) is 0 Å². The van der Waals surface area contributed by atoms with Crippen LogP contribution in [0.2, 0.25) is 0 Å². The van der Waals surface area contributed by atoms with Gasteiger partial charge >= 0.3 is 0 Å². The SMILES string of the molecule is Cc1ccc(N(F)F)c(N(F)F)c1C. The predicted octanol–water partition coefficient (Wildman–Crippen LogP) is 3.45. The van der Waals surface area contributed by atoms with Gasteiger partial charge in [0.05, 0.1) is 0 Å². The molecule has 0 bridgehead atoms. The van der Waals surface area contributed by atoms with E-state index in [1.165, 1.54) is 13.0 Å². The topological polar surface area (TPSA) is 6.48 Å². The predicted molar refractivity (Wildman–Crippen MR) is 45.3 cm³/mol. The van der Waals surface area contributed by atoms with Crippen molar-refractivity contribution in [1.82, 2.24) is 0 Å². The molecule has 1 rings (SSSR count). The third-order valence-corrected chi connectivity index (χ3v) is 2.03. The molecule has 0 radical (unpaired) electrons. The molecule has 0 fully saturated rings. The number of rotatable bonds is 2. The van der Waals surface area contributed by atoms with E-state index in [1.54, 1.807) is 6.92 Å². The Morgan fingerprint density at radius 2 is 1.50 bits per heavy atom. The molecule has 0 aliphatic heterocycles. The van der Waals surface area contributed by atoms with Crippen LogP contribution in [0.3, 0.4) is 0 Å². The third kappa shape index (κ3) is 1.73. The lowest BCUT2D eigenvalue weighted by Gasteiger charge is -2.14. The zero-order valence-corrected chi connectivity index (χ0v) is 7.56. The Morgan fingerprint density at radius 3 is 1.93 bits per heavy atom. The fraction of sp³-hybridized carbons (Fsp3) is 0.250. The minimum Gasteiger partial charge on any atom is -0.0666 e. The summed E-state index contributed by atoms with van der Waals surface area (Å²) in [5.41, 5.74) is -0.910. The molecule has 0 amide bonds. The Kier molecular flexibility index (Phi) is 2.83. The van der Waals surface area contributed by atoms with Crippen LogP contribution in [0.4, 0.5) is 29.3 Å². The van der Waals surface area contributed by atoms with Gasteiger partial charge in [0.25, 0.3) is 0 Å². The minimum atomic E-state index is -1.33. The number of hydrogen-bond acceptors (Lipinski definition) is 2. The Morgan fingerprint density at radius 1 is 0.929 bits per heavy atom. The van der Waals surface area contributed by atoms with E-state index in [9.17, 15) is 17.9 Å². The second-order valence-corrected chi connectivity index (χ2v) is 2.84. The Bertz CT molecular complexity index is 338. The summed E-state index contributed by atoms with van der Waals surface area (Å²) in [6.45, 7) is 2.94. The summed E-state index contributed by atoms with van der Waals surface area (Å²) in [6, 6.07) is 2.31. The zero-order chi connectivity index (χ0) is 10.9.